The molecule has 0 amide bonds. The molecule has 1 saturated carbocycles. The second kappa shape index (κ2) is 14.0. The first-order valence-corrected chi connectivity index (χ1v) is 5.28. The highest BCUT2D eigenvalue weighted by Crippen LogP contribution is 2.22. The van der Waals surface area contributed by atoms with Crippen LogP contribution in [0.3, 0.4) is 0 Å². The lowest BCUT2D eigenvalue weighted by Gasteiger charge is -1.99. The van der Waals surface area contributed by atoms with Crippen molar-refractivity contribution in [1.82, 2.24) is 0 Å². The maximum absolute atomic E-state index is 5.43. The van der Waals surface area contributed by atoms with E-state index in [1.54, 1.807) is 12.2 Å². The molecule has 0 unspecified atom stereocenters. The minimum absolute atomic E-state index is 0.875. The SMILES string of the molecule is C=CC=C.CC.NCC1CCCC1. The molecule has 0 aromatic carbocycles. The summed E-state index contributed by atoms with van der Waals surface area (Å²) in [6, 6.07) is 0. The van der Waals surface area contributed by atoms with Gasteiger partial charge in [-0.05, 0) is 25.3 Å². The van der Waals surface area contributed by atoms with Gasteiger partial charge >= 0.3 is 0 Å². The third kappa shape index (κ3) is 11.4. The van der Waals surface area contributed by atoms with Gasteiger partial charge in [-0.1, -0.05) is 52.0 Å². The van der Waals surface area contributed by atoms with Crippen LogP contribution < -0.4 is 5.73 Å². The van der Waals surface area contributed by atoms with Gasteiger partial charge in [-0.15, -0.1) is 0 Å². The summed E-state index contributed by atoms with van der Waals surface area (Å²) in [5.41, 5.74) is 5.43. The lowest BCUT2D eigenvalue weighted by atomic mass is 10.1. The van der Waals surface area contributed by atoms with E-state index in [0.29, 0.717) is 0 Å². The molecule has 0 saturated heterocycles. The molecule has 78 valence electrons. The van der Waals surface area contributed by atoms with Gasteiger partial charge in [-0.2, -0.15) is 0 Å². The Morgan fingerprint density at radius 3 is 1.69 bits per heavy atom. The zero-order chi connectivity index (χ0) is 10.5. The summed E-state index contributed by atoms with van der Waals surface area (Å²) in [4.78, 5) is 0. The van der Waals surface area contributed by atoms with Crippen molar-refractivity contribution in [2.75, 3.05) is 6.54 Å². The lowest BCUT2D eigenvalue weighted by Crippen LogP contribution is -2.09. The predicted molar refractivity (Wildman–Crippen MR) is 62.8 cm³/mol. The smallest absolute Gasteiger partial charge is 0.00489 e. The van der Waals surface area contributed by atoms with Crippen LogP contribution in [0.4, 0.5) is 0 Å². The molecule has 0 spiro atoms. The molecule has 13 heavy (non-hydrogen) atoms. The molecule has 0 radical (unpaired) electrons. The average molecular weight is 183 g/mol. The number of rotatable bonds is 2. The Morgan fingerprint density at radius 2 is 1.54 bits per heavy atom. The molecule has 0 atom stereocenters. The summed E-state index contributed by atoms with van der Waals surface area (Å²) < 4.78 is 0. The summed E-state index contributed by atoms with van der Waals surface area (Å²) >= 11 is 0. The normalized spacial score (nSPS) is 14.7. The Bertz CT molecular complexity index is 95.7. The van der Waals surface area contributed by atoms with Crippen LogP contribution in [-0.4, -0.2) is 6.54 Å². The van der Waals surface area contributed by atoms with Crippen LogP contribution in [0.5, 0.6) is 0 Å². The van der Waals surface area contributed by atoms with Crippen molar-refractivity contribution in [3.8, 4) is 0 Å². The van der Waals surface area contributed by atoms with Gasteiger partial charge < -0.3 is 5.73 Å². The highest BCUT2D eigenvalue weighted by atomic mass is 14.5. The molecular weight excluding hydrogens is 158 g/mol. The topological polar surface area (TPSA) is 26.0 Å². The molecular formula is C12H25N. The van der Waals surface area contributed by atoms with Gasteiger partial charge in [0.1, 0.15) is 0 Å². The van der Waals surface area contributed by atoms with Gasteiger partial charge in [0.25, 0.3) is 0 Å². The van der Waals surface area contributed by atoms with Gasteiger partial charge in [0.15, 0.2) is 0 Å². The first kappa shape index (κ1) is 14.9. The summed E-state index contributed by atoms with van der Waals surface area (Å²) in [5, 5.41) is 0. The molecule has 0 heterocycles. The maximum atomic E-state index is 5.43. The van der Waals surface area contributed by atoms with Gasteiger partial charge in [0, 0.05) is 0 Å². The summed E-state index contributed by atoms with van der Waals surface area (Å²) in [6.45, 7) is 11.6. The van der Waals surface area contributed by atoms with Crippen LogP contribution in [0, 0.1) is 5.92 Å². The molecule has 0 aliphatic heterocycles. The van der Waals surface area contributed by atoms with E-state index >= 15 is 0 Å². The third-order valence-electron chi connectivity index (χ3n) is 1.97. The number of hydrogen-bond acceptors (Lipinski definition) is 1. The fourth-order valence-electron chi connectivity index (χ4n) is 1.25. The van der Waals surface area contributed by atoms with Gasteiger partial charge in [-0.3, -0.25) is 0 Å². The molecule has 1 fully saturated rings. The monoisotopic (exact) mass is 183 g/mol. The zero-order valence-electron chi connectivity index (χ0n) is 9.26. The fraction of sp³-hybridized carbons (Fsp3) is 0.667. The Kier molecular flexibility index (Phi) is 16.1. The van der Waals surface area contributed by atoms with Crippen LogP contribution in [0.1, 0.15) is 39.5 Å². The van der Waals surface area contributed by atoms with Crippen molar-refractivity contribution >= 4 is 0 Å². The van der Waals surface area contributed by atoms with Gasteiger partial charge in [0.2, 0.25) is 0 Å². The van der Waals surface area contributed by atoms with E-state index in [-0.39, 0.29) is 0 Å². The fourth-order valence-corrected chi connectivity index (χ4v) is 1.25. The van der Waals surface area contributed by atoms with E-state index < -0.39 is 0 Å². The van der Waals surface area contributed by atoms with Crippen LogP contribution in [0.25, 0.3) is 0 Å². The van der Waals surface area contributed by atoms with Crippen molar-refractivity contribution < 1.29 is 0 Å². The van der Waals surface area contributed by atoms with Crippen molar-refractivity contribution in [2.45, 2.75) is 39.5 Å². The summed E-state index contributed by atoms with van der Waals surface area (Å²) in [6.07, 6.45) is 8.89. The zero-order valence-corrected chi connectivity index (χ0v) is 9.26. The van der Waals surface area contributed by atoms with Crippen LogP contribution in [-0.2, 0) is 0 Å². The van der Waals surface area contributed by atoms with E-state index in [0.717, 1.165) is 12.5 Å². The van der Waals surface area contributed by atoms with E-state index in [1.807, 2.05) is 13.8 Å². The Balaban J connectivity index is 0. The van der Waals surface area contributed by atoms with E-state index in [4.69, 9.17) is 5.73 Å². The summed E-state index contributed by atoms with van der Waals surface area (Å²) in [7, 11) is 0. The molecule has 0 aromatic rings. The van der Waals surface area contributed by atoms with Crippen molar-refractivity contribution in [2.24, 2.45) is 11.7 Å². The first-order chi connectivity index (χ1) is 6.35. The molecule has 1 aliphatic rings. The quantitative estimate of drug-likeness (QED) is 0.651. The van der Waals surface area contributed by atoms with E-state index in [1.165, 1.54) is 25.7 Å². The lowest BCUT2D eigenvalue weighted by molar-refractivity contribution is 0.562. The Hall–Kier alpha value is -0.560. The van der Waals surface area contributed by atoms with E-state index in [2.05, 4.69) is 13.2 Å². The van der Waals surface area contributed by atoms with Crippen LogP contribution >= 0.6 is 0 Å². The third-order valence-corrected chi connectivity index (χ3v) is 1.97. The highest BCUT2D eigenvalue weighted by Gasteiger charge is 2.11. The van der Waals surface area contributed by atoms with Crippen LogP contribution in [0.2, 0.25) is 0 Å². The minimum Gasteiger partial charge on any atom is -0.330 e. The van der Waals surface area contributed by atoms with Gasteiger partial charge in [0.05, 0.1) is 0 Å². The largest absolute Gasteiger partial charge is 0.330 e. The second-order valence-electron chi connectivity index (χ2n) is 2.86. The minimum atomic E-state index is 0.875. The van der Waals surface area contributed by atoms with Crippen molar-refractivity contribution in [1.29, 1.82) is 0 Å². The standard InChI is InChI=1S/C6H13N.C4H6.C2H6/c7-5-6-3-1-2-4-6;1-3-4-2;1-2/h6H,1-5,7H2;3-4H,1-2H2;1-2H3. The Labute approximate surface area is 83.7 Å². The van der Waals surface area contributed by atoms with Crippen molar-refractivity contribution in [3.63, 3.8) is 0 Å². The Morgan fingerprint density at radius 1 is 1.15 bits per heavy atom. The average Bonchev–Trinajstić information content (AvgIpc) is 2.74. The number of nitrogens with two attached hydrogens (primary N) is 1. The molecule has 0 bridgehead atoms. The molecule has 0 aromatic heterocycles. The predicted octanol–water partition coefficient (Wildman–Crippen LogP) is 3.52. The summed E-state index contributed by atoms with van der Waals surface area (Å²) in [5.74, 6) is 0.875. The number of hydrogen-bond donors (Lipinski definition) is 1. The first-order valence-electron chi connectivity index (χ1n) is 5.28. The van der Waals surface area contributed by atoms with Gasteiger partial charge in [-0.25, -0.2) is 0 Å². The van der Waals surface area contributed by atoms with E-state index in [9.17, 15) is 0 Å². The van der Waals surface area contributed by atoms with Crippen LogP contribution in [0.15, 0.2) is 25.3 Å². The second-order valence-corrected chi connectivity index (χ2v) is 2.86. The molecule has 1 heteroatoms. The van der Waals surface area contributed by atoms with Crippen molar-refractivity contribution in [3.05, 3.63) is 25.3 Å². The molecule has 1 nitrogen and oxygen atoms in total. The maximum Gasteiger partial charge on any atom is -0.00489 e. The molecule has 1 aliphatic carbocycles. The number of allylic oxidation sites excluding steroid dienone is 2. The highest BCUT2D eigenvalue weighted by molar-refractivity contribution is 4.88. The molecule has 2 N–H and O–H groups in total. The molecule has 1 rings (SSSR count).